The van der Waals surface area contributed by atoms with Crippen molar-refractivity contribution in [3.63, 3.8) is 0 Å². The van der Waals surface area contributed by atoms with Gasteiger partial charge in [0.15, 0.2) is 0 Å². The number of benzene rings is 1. The molecule has 0 aliphatic carbocycles. The van der Waals surface area contributed by atoms with Gasteiger partial charge in [-0.25, -0.2) is 8.78 Å². The van der Waals surface area contributed by atoms with Crippen LogP contribution < -0.4 is 10.3 Å². The van der Waals surface area contributed by atoms with Crippen molar-refractivity contribution in [2.45, 2.75) is 19.8 Å². The molecule has 0 amide bonds. The second-order valence-corrected chi connectivity index (χ2v) is 6.71. The van der Waals surface area contributed by atoms with Crippen LogP contribution in [-0.4, -0.2) is 34.9 Å². The van der Waals surface area contributed by atoms with E-state index in [1.54, 1.807) is 50.6 Å². The molecule has 142 valence electrons. The molecule has 1 atom stereocenters. The Kier molecular flexibility index (Phi) is 5.23. The zero-order chi connectivity index (χ0) is 19.7. The zero-order valence-corrected chi connectivity index (χ0v) is 15.7. The molecule has 0 fully saturated rings. The average molecular weight is 373 g/mol. The molecule has 0 saturated heterocycles. The first-order chi connectivity index (χ1) is 12.8. The number of nitrogens with zero attached hydrogens (tertiary/aromatic N) is 3. The van der Waals surface area contributed by atoms with Crippen LogP contribution >= 0.6 is 0 Å². The van der Waals surface area contributed by atoms with Gasteiger partial charge in [-0.2, -0.15) is 0 Å². The van der Waals surface area contributed by atoms with Crippen molar-refractivity contribution in [1.82, 2.24) is 14.5 Å². The molecule has 0 N–H and O–H groups in total. The van der Waals surface area contributed by atoms with Gasteiger partial charge in [-0.1, -0.05) is 0 Å². The molecule has 3 aromatic rings. The molecule has 0 bridgehead atoms. The minimum atomic E-state index is -1.58. The minimum absolute atomic E-state index is 0.143. The molecule has 0 aliphatic rings. The summed E-state index contributed by atoms with van der Waals surface area (Å²) in [4.78, 5) is 18.1. The van der Waals surface area contributed by atoms with Gasteiger partial charge in [-0.15, -0.1) is 0 Å². The number of fused-ring (bicyclic) bond motifs is 1. The van der Waals surface area contributed by atoms with E-state index in [1.807, 2.05) is 0 Å². The SMILES string of the molecule is CC(F)Oc1cc(-c2cn(C)c(=O)c3cnccc23)cc(F)c1CN(C)C. The highest BCUT2D eigenvalue weighted by molar-refractivity contribution is 5.95. The van der Waals surface area contributed by atoms with Gasteiger partial charge in [0.25, 0.3) is 5.56 Å². The molecule has 2 heterocycles. The van der Waals surface area contributed by atoms with Crippen molar-refractivity contribution >= 4 is 10.8 Å². The fraction of sp³-hybridized carbons (Fsp3) is 0.300. The molecule has 0 spiro atoms. The lowest BCUT2D eigenvalue weighted by Gasteiger charge is -2.18. The lowest BCUT2D eigenvalue weighted by molar-refractivity contribution is 0.0837. The Hall–Kier alpha value is -2.80. The average Bonchev–Trinajstić information content (AvgIpc) is 2.60. The molecule has 1 aromatic carbocycles. The molecule has 0 radical (unpaired) electrons. The van der Waals surface area contributed by atoms with Crippen LogP contribution in [0.4, 0.5) is 8.78 Å². The summed E-state index contributed by atoms with van der Waals surface area (Å²) in [5.41, 5.74) is 1.23. The van der Waals surface area contributed by atoms with Crippen LogP contribution in [0.5, 0.6) is 5.75 Å². The number of hydrogen-bond donors (Lipinski definition) is 0. The highest BCUT2D eigenvalue weighted by Crippen LogP contribution is 2.34. The third-order valence-electron chi connectivity index (χ3n) is 4.21. The molecule has 2 aromatic heterocycles. The Morgan fingerprint density at radius 1 is 1.30 bits per heavy atom. The smallest absolute Gasteiger partial charge is 0.259 e. The number of hydrogen-bond acceptors (Lipinski definition) is 4. The maximum absolute atomic E-state index is 14.9. The van der Waals surface area contributed by atoms with E-state index in [0.717, 1.165) is 0 Å². The lowest BCUT2D eigenvalue weighted by Crippen LogP contribution is -2.17. The standard InChI is InChI=1S/C20H21F2N3O2/c1-12(21)27-19-8-13(7-18(22)17(19)10-24(2)3)16-11-25(4)20(26)15-9-23-6-5-14(15)16/h5-9,11-12H,10H2,1-4H3. The maximum atomic E-state index is 14.9. The lowest BCUT2D eigenvalue weighted by atomic mass is 9.99. The summed E-state index contributed by atoms with van der Waals surface area (Å²) < 4.78 is 35.1. The largest absolute Gasteiger partial charge is 0.460 e. The Balaban J connectivity index is 2.27. The Bertz CT molecular complexity index is 1050. The summed E-state index contributed by atoms with van der Waals surface area (Å²) in [6.45, 7) is 1.52. The Morgan fingerprint density at radius 3 is 2.70 bits per heavy atom. The van der Waals surface area contributed by atoms with Crippen LogP contribution in [0.2, 0.25) is 0 Å². The monoisotopic (exact) mass is 373 g/mol. The molecule has 0 saturated carbocycles. The number of ether oxygens (including phenoxy) is 1. The zero-order valence-electron chi connectivity index (χ0n) is 15.7. The third-order valence-corrected chi connectivity index (χ3v) is 4.21. The normalized spacial score (nSPS) is 12.6. The van der Waals surface area contributed by atoms with Gasteiger partial charge >= 0.3 is 0 Å². The molecule has 27 heavy (non-hydrogen) atoms. The van der Waals surface area contributed by atoms with Crippen LogP contribution in [0.25, 0.3) is 21.9 Å². The van der Waals surface area contributed by atoms with E-state index >= 15 is 0 Å². The highest BCUT2D eigenvalue weighted by atomic mass is 19.1. The fourth-order valence-electron chi connectivity index (χ4n) is 3.06. The van der Waals surface area contributed by atoms with Gasteiger partial charge in [-0.3, -0.25) is 9.78 Å². The van der Waals surface area contributed by atoms with Gasteiger partial charge in [0, 0.05) is 50.2 Å². The summed E-state index contributed by atoms with van der Waals surface area (Å²) >= 11 is 0. The van der Waals surface area contributed by atoms with E-state index in [4.69, 9.17) is 4.74 Å². The summed E-state index contributed by atoms with van der Waals surface area (Å²) in [5, 5.41) is 1.07. The molecule has 5 nitrogen and oxygen atoms in total. The van der Waals surface area contributed by atoms with Gasteiger partial charge in [0.1, 0.15) is 11.6 Å². The number of aryl methyl sites for hydroxylation is 1. The van der Waals surface area contributed by atoms with Crippen molar-refractivity contribution in [1.29, 1.82) is 0 Å². The molecular formula is C20H21F2N3O2. The van der Waals surface area contributed by atoms with Crippen LogP contribution in [0, 0.1) is 5.82 Å². The number of alkyl halides is 1. The van der Waals surface area contributed by atoms with E-state index in [-0.39, 0.29) is 23.4 Å². The fourth-order valence-corrected chi connectivity index (χ4v) is 3.06. The van der Waals surface area contributed by atoms with E-state index in [0.29, 0.717) is 21.9 Å². The van der Waals surface area contributed by atoms with Crippen molar-refractivity contribution in [2.24, 2.45) is 7.05 Å². The first-order valence-corrected chi connectivity index (χ1v) is 8.49. The van der Waals surface area contributed by atoms with E-state index in [1.165, 1.54) is 23.8 Å². The molecular weight excluding hydrogens is 352 g/mol. The van der Waals surface area contributed by atoms with Crippen molar-refractivity contribution < 1.29 is 13.5 Å². The molecule has 7 heteroatoms. The predicted octanol–water partition coefficient (Wildman–Crippen LogP) is 3.50. The van der Waals surface area contributed by atoms with Crippen molar-refractivity contribution in [3.05, 3.63) is 58.5 Å². The first kappa shape index (κ1) is 19.0. The molecule has 0 aliphatic heterocycles. The quantitative estimate of drug-likeness (QED) is 0.687. The van der Waals surface area contributed by atoms with Gasteiger partial charge in [0.05, 0.1) is 5.39 Å². The van der Waals surface area contributed by atoms with E-state index in [2.05, 4.69) is 4.98 Å². The topological polar surface area (TPSA) is 47.4 Å². The first-order valence-electron chi connectivity index (χ1n) is 8.49. The summed E-state index contributed by atoms with van der Waals surface area (Å²) in [6.07, 6.45) is 3.11. The van der Waals surface area contributed by atoms with E-state index < -0.39 is 12.2 Å². The van der Waals surface area contributed by atoms with Crippen LogP contribution in [0.15, 0.2) is 41.6 Å². The number of rotatable bonds is 5. The maximum Gasteiger partial charge on any atom is 0.259 e. The summed E-state index contributed by atoms with van der Waals surface area (Å²) in [6, 6.07) is 4.70. The van der Waals surface area contributed by atoms with Gasteiger partial charge in [0.2, 0.25) is 6.36 Å². The van der Waals surface area contributed by atoms with Crippen LogP contribution in [0.3, 0.4) is 0 Å². The predicted molar refractivity (Wildman–Crippen MR) is 101 cm³/mol. The molecule has 1 unspecified atom stereocenters. The van der Waals surface area contributed by atoms with Crippen LogP contribution in [-0.2, 0) is 13.6 Å². The van der Waals surface area contributed by atoms with Crippen LogP contribution in [0.1, 0.15) is 12.5 Å². The van der Waals surface area contributed by atoms with E-state index in [9.17, 15) is 13.6 Å². The van der Waals surface area contributed by atoms with Gasteiger partial charge < -0.3 is 14.2 Å². The van der Waals surface area contributed by atoms with Crippen molar-refractivity contribution in [3.8, 4) is 16.9 Å². The van der Waals surface area contributed by atoms with Gasteiger partial charge in [-0.05, 0) is 43.2 Å². The second kappa shape index (κ2) is 7.44. The molecule has 3 rings (SSSR count). The van der Waals surface area contributed by atoms with Crippen molar-refractivity contribution in [2.75, 3.05) is 14.1 Å². The number of halogens is 2. The summed E-state index contributed by atoms with van der Waals surface area (Å²) in [7, 11) is 5.21. The highest BCUT2D eigenvalue weighted by Gasteiger charge is 2.18. The Morgan fingerprint density at radius 2 is 2.04 bits per heavy atom. The Labute approximate surface area is 155 Å². The third kappa shape index (κ3) is 3.83. The number of pyridine rings is 2. The number of aromatic nitrogens is 2. The minimum Gasteiger partial charge on any atom is -0.460 e. The second-order valence-electron chi connectivity index (χ2n) is 6.71. The summed E-state index contributed by atoms with van der Waals surface area (Å²) in [5.74, 6) is -0.349.